The highest BCUT2D eigenvalue weighted by atomic mass is 127. The second-order valence-corrected chi connectivity index (χ2v) is 6.92. The zero-order chi connectivity index (χ0) is 19.9. The largest absolute Gasteiger partial charge is 0.451 e. The molecule has 0 aliphatic heterocycles. The van der Waals surface area contributed by atoms with Gasteiger partial charge in [0, 0.05) is 23.9 Å². The fraction of sp³-hybridized carbons (Fsp3) is 0.0476. The van der Waals surface area contributed by atoms with Crippen LogP contribution in [0.4, 0.5) is 10.1 Å². The Bertz CT molecular complexity index is 1010. The normalized spacial score (nSPS) is 10.8. The van der Waals surface area contributed by atoms with Crippen LogP contribution < -0.4 is 10.6 Å². The summed E-state index contributed by atoms with van der Waals surface area (Å²) in [6.07, 6.45) is 2.99. The van der Waals surface area contributed by atoms with Crippen molar-refractivity contribution < 1.29 is 18.4 Å². The number of anilines is 1. The van der Waals surface area contributed by atoms with E-state index in [0.29, 0.717) is 23.6 Å². The lowest BCUT2D eigenvalue weighted by Gasteiger charge is -2.08. The molecule has 142 valence electrons. The molecule has 0 aliphatic rings. The Kier molecular flexibility index (Phi) is 6.59. The Morgan fingerprint density at radius 1 is 1.07 bits per heavy atom. The van der Waals surface area contributed by atoms with Crippen LogP contribution in [0, 0.1) is 9.58 Å². The van der Waals surface area contributed by atoms with Crippen LogP contribution in [0.15, 0.2) is 71.2 Å². The molecule has 28 heavy (non-hydrogen) atoms. The molecule has 2 aromatic carbocycles. The van der Waals surface area contributed by atoms with Crippen molar-refractivity contribution in [2.45, 2.75) is 6.54 Å². The molecule has 0 spiro atoms. The maximum atomic E-state index is 13.0. The first-order valence-corrected chi connectivity index (χ1v) is 9.44. The SMILES string of the molecule is O=C(/C=C/c1ccc(I)o1)NCc1cccc(NC(=O)c2ccc(F)cc2)c1. The lowest BCUT2D eigenvalue weighted by atomic mass is 10.1. The van der Waals surface area contributed by atoms with E-state index in [1.165, 1.54) is 30.3 Å². The van der Waals surface area contributed by atoms with E-state index < -0.39 is 5.82 Å². The number of halogens is 2. The number of furan rings is 1. The van der Waals surface area contributed by atoms with Crippen molar-refractivity contribution in [3.8, 4) is 0 Å². The Morgan fingerprint density at radius 3 is 2.57 bits per heavy atom. The van der Waals surface area contributed by atoms with Gasteiger partial charge in [-0.3, -0.25) is 9.59 Å². The number of hydrogen-bond donors (Lipinski definition) is 2. The van der Waals surface area contributed by atoms with Crippen molar-refractivity contribution in [1.82, 2.24) is 5.32 Å². The minimum Gasteiger partial charge on any atom is -0.451 e. The average molecular weight is 490 g/mol. The molecule has 0 radical (unpaired) electrons. The molecule has 2 N–H and O–H groups in total. The predicted molar refractivity (Wildman–Crippen MR) is 113 cm³/mol. The van der Waals surface area contributed by atoms with Crippen molar-refractivity contribution >= 4 is 46.2 Å². The molecule has 1 heterocycles. The van der Waals surface area contributed by atoms with Gasteiger partial charge in [0.2, 0.25) is 5.91 Å². The van der Waals surface area contributed by atoms with Crippen molar-refractivity contribution in [3.05, 3.63) is 93.2 Å². The Hall–Kier alpha value is -2.94. The summed E-state index contributed by atoms with van der Waals surface area (Å²) in [7, 11) is 0. The standard InChI is InChI=1S/C21H16FIN2O3/c22-16-6-4-15(5-7-16)21(27)25-17-3-1-2-14(12-17)13-24-20(26)11-9-18-8-10-19(23)28-18/h1-12H,13H2,(H,24,26)(H,25,27)/b11-9+. The van der Waals surface area contributed by atoms with E-state index in [9.17, 15) is 14.0 Å². The molecule has 2 amide bonds. The molecular formula is C21H16FIN2O3. The number of amides is 2. The smallest absolute Gasteiger partial charge is 0.255 e. The molecule has 0 bridgehead atoms. The summed E-state index contributed by atoms with van der Waals surface area (Å²) in [5, 5.41) is 5.52. The number of hydrogen-bond acceptors (Lipinski definition) is 3. The molecule has 0 fully saturated rings. The van der Waals surface area contributed by atoms with Crippen LogP contribution in [0.3, 0.4) is 0 Å². The molecule has 0 saturated heterocycles. The van der Waals surface area contributed by atoms with Crippen molar-refractivity contribution in [1.29, 1.82) is 0 Å². The molecule has 0 atom stereocenters. The zero-order valence-corrected chi connectivity index (χ0v) is 16.8. The molecule has 0 saturated carbocycles. The predicted octanol–water partition coefficient (Wildman–Crippen LogP) is 4.61. The van der Waals surface area contributed by atoms with Gasteiger partial charge in [-0.1, -0.05) is 12.1 Å². The van der Waals surface area contributed by atoms with E-state index in [1.807, 2.05) is 12.1 Å². The second kappa shape index (κ2) is 9.32. The van der Waals surface area contributed by atoms with Crippen molar-refractivity contribution in [2.24, 2.45) is 0 Å². The van der Waals surface area contributed by atoms with E-state index in [2.05, 4.69) is 33.2 Å². The number of nitrogens with one attached hydrogen (secondary N) is 2. The lowest BCUT2D eigenvalue weighted by Crippen LogP contribution is -2.20. The summed E-state index contributed by atoms with van der Waals surface area (Å²) >= 11 is 2.05. The number of benzene rings is 2. The Labute approximate surface area is 174 Å². The molecule has 3 rings (SSSR count). The summed E-state index contributed by atoms with van der Waals surface area (Å²) in [4.78, 5) is 24.1. The zero-order valence-electron chi connectivity index (χ0n) is 14.6. The van der Waals surface area contributed by atoms with Gasteiger partial charge in [-0.2, -0.15) is 0 Å². The van der Waals surface area contributed by atoms with Crippen molar-refractivity contribution in [3.63, 3.8) is 0 Å². The van der Waals surface area contributed by atoms with Crippen LogP contribution in [-0.2, 0) is 11.3 Å². The highest BCUT2D eigenvalue weighted by Crippen LogP contribution is 2.13. The van der Waals surface area contributed by atoms with Gasteiger partial charge in [-0.05, 0) is 82.8 Å². The molecule has 0 aliphatic carbocycles. The molecule has 3 aromatic rings. The summed E-state index contributed by atoms with van der Waals surface area (Å²) < 4.78 is 19.1. The minimum absolute atomic E-state index is 0.257. The molecule has 0 unspecified atom stereocenters. The third-order valence-corrected chi connectivity index (χ3v) is 4.33. The van der Waals surface area contributed by atoms with Crippen LogP contribution >= 0.6 is 22.6 Å². The van der Waals surface area contributed by atoms with Gasteiger partial charge in [0.25, 0.3) is 5.91 Å². The average Bonchev–Trinajstić information content (AvgIpc) is 3.11. The van der Waals surface area contributed by atoms with Gasteiger partial charge >= 0.3 is 0 Å². The van der Waals surface area contributed by atoms with E-state index >= 15 is 0 Å². The van der Waals surface area contributed by atoms with E-state index in [1.54, 1.807) is 30.3 Å². The van der Waals surface area contributed by atoms with Gasteiger partial charge in [-0.15, -0.1) is 0 Å². The lowest BCUT2D eigenvalue weighted by molar-refractivity contribution is -0.116. The third-order valence-electron chi connectivity index (χ3n) is 3.75. The first-order chi connectivity index (χ1) is 13.5. The quantitative estimate of drug-likeness (QED) is 0.392. The monoisotopic (exact) mass is 490 g/mol. The molecule has 1 aromatic heterocycles. The van der Waals surface area contributed by atoms with Gasteiger partial charge < -0.3 is 15.1 Å². The Balaban J connectivity index is 1.55. The van der Waals surface area contributed by atoms with Gasteiger partial charge in [0.1, 0.15) is 11.6 Å². The van der Waals surface area contributed by atoms with E-state index in [4.69, 9.17) is 4.42 Å². The van der Waals surface area contributed by atoms with Crippen LogP contribution in [-0.4, -0.2) is 11.8 Å². The summed E-state index contributed by atoms with van der Waals surface area (Å²) in [5.41, 5.74) is 1.77. The maximum Gasteiger partial charge on any atom is 0.255 e. The number of carbonyl (C=O) groups is 2. The van der Waals surface area contributed by atoms with E-state index in [-0.39, 0.29) is 11.8 Å². The summed E-state index contributed by atoms with van der Waals surface area (Å²) in [6, 6.07) is 16.0. The van der Waals surface area contributed by atoms with Gasteiger partial charge in [-0.25, -0.2) is 4.39 Å². The maximum absolute atomic E-state index is 13.0. The van der Waals surface area contributed by atoms with Crippen LogP contribution in [0.1, 0.15) is 21.7 Å². The number of carbonyl (C=O) groups excluding carboxylic acids is 2. The molecule has 7 heteroatoms. The van der Waals surface area contributed by atoms with Gasteiger partial charge in [0.15, 0.2) is 3.77 Å². The van der Waals surface area contributed by atoms with Crippen LogP contribution in [0.25, 0.3) is 6.08 Å². The van der Waals surface area contributed by atoms with Crippen molar-refractivity contribution in [2.75, 3.05) is 5.32 Å². The first kappa shape index (κ1) is 19.8. The topological polar surface area (TPSA) is 71.3 Å². The molecule has 5 nitrogen and oxygen atoms in total. The summed E-state index contributed by atoms with van der Waals surface area (Å²) in [6.45, 7) is 0.305. The minimum atomic E-state index is -0.398. The van der Waals surface area contributed by atoms with Crippen LogP contribution in [0.2, 0.25) is 0 Å². The fourth-order valence-electron chi connectivity index (χ4n) is 2.39. The first-order valence-electron chi connectivity index (χ1n) is 8.37. The second-order valence-electron chi connectivity index (χ2n) is 5.85. The number of rotatable bonds is 6. The summed E-state index contributed by atoms with van der Waals surface area (Å²) in [5.74, 6) is -0.389. The molecular weight excluding hydrogens is 474 g/mol. The Morgan fingerprint density at radius 2 is 1.86 bits per heavy atom. The van der Waals surface area contributed by atoms with E-state index in [0.717, 1.165) is 9.33 Å². The van der Waals surface area contributed by atoms with Gasteiger partial charge in [0.05, 0.1) is 0 Å². The van der Waals surface area contributed by atoms with Crippen LogP contribution in [0.5, 0.6) is 0 Å². The highest BCUT2D eigenvalue weighted by molar-refractivity contribution is 14.1. The third kappa shape index (κ3) is 5.78. The highest BCUT2D eigenvalue weighted by Gasteiger charge is 2.07. The fourth-order valence-corrected chi connectivity index (χ4v) is 2.82.